The van der Waals surface area contributed by atoms with Gasteiger partial charge in [-0.1, -0.05) is 32.6 Å². The Hall–Kier alpha value is -0.330. The van der Waals surface area contributed by atoms with Crippen molar-refractivity contribution in [3.63, 3.8) is 0 Å². The molecule has 0 saturated carbocycles. The molecule has 0 aromatic heterocycles. The normalized spacial score (nSPS) is 14.8. The predicted molar refractivity (Wildman–Crippen MR) is 45.4 cm³/mol. The number of hydrogen-bond acceptors (Lipinski definition) is 2. The van der Waals surface area contributed by atoms with Gasteiger partial charge < -0.3 is 4.55 Å². The highest BCUT2D eigenvalue weighted by Crippen LogP contribution is 2.05. The first-order chi connectivity index (χ1) is 5.16. The molecule has 0 radical (unpaired) electrons. The Balaban J connectivity index is 3.61. The van der Waals surface area contributed by atoms with Crippen LogP contribution in [0.5, 0.6) is 0 Å². The van der Waals surface area contributed by atoms with E-state index >= 15 is 0 Å². The van der Waals surface area contributed by atoms with Gasteiger partial charge in [0.15, 0.2) is 0 Å². The zero-order valence-corrected chi connectivity index (χ0v) is 7.74. The van der Waals surface area contributed by atoms with Gasteiger partial charge >= 0.3 is 0 Å². The zero-order chi connectivity index (χ0) is 8.69. The maximum Gasteiger partial charge on any atom is 0.0247 e. The van der Waals surface area contributed by atoms with Crippen molar-refractivity contribution < 1.29 is 8.76 Å². The molecule has 0 N–H and O–H groups in total. The van der Waals surface area contributed by atoms with Gasteiger partial charge in [-0.2, -0.15) is 0 Å². The van der Waals surface area contributed by atoms with E-state index in [4.69, 9.17) is 0 Å². The highest BCUT2D eigenvalue weighted by Gasteiger charge is 1.93. The van der Waals surface area contributed by atoms with Gasteiger partial charge in [0.2, 0.25) is 0 Å². The molecule has 2 unspecified atom stereocenters. The third-order valence-corrected chi connectivity index (χ3v) is 1.66. The molecular formula is C8H13O2S-. The lowest BCUT2D eigenvalue weighted by atomic mass is 10.1. The molecule has 2 atom stereocenters. The minimum absolute atomic E-state index is 0.202. The summed E-state index contributed by atoms with van der Waals surface area (Å²) in [5.74, 6) is 2.86. The molecule has 0 aliphatic carbocycles. The maximum absolute atomic E-state index is 10.0. The first-order valence-electron chi connectivity index (χ1n) is 3.77. The van der Waals surface area contributed by atoms with E-state index in [9.17, 15) is 8.76 Å². The van der Waals surface area contributed by atoms with Crippen molar-refractivity contribution in [2.75, 3.05) is 0 Å². The highest BCUT2D eigenvalue weighted by atomic mass is 32.2. The lowest BCUT2D eigenvalue weighted by Gasteiger charge is -2.00. The van der Waals surface area contributed by atoms with Crippen LogP contribution in [0.15, 0.2) is 0 Å². The van der Waals surface area contributed by atoms with E-state index in [1.54, 1.807) is 0 Å². The van der Waals surface area contributed by atoms with Crippen LogP contribution < -0.4 is 0 Å². The predicted octanol–water partition coefficient (Wildman–Crippen LogP) is 1.65. The molecule has 0 aliphatic heterocycles. The average molecular weight is 173 g/mol. The first kappa shape index (κ1) is 10.7. The molecular weight excluding hydrogens is 160 g/mol. The Morgan fingerprint density at radius 1 is 1.64 bits per heavy atom. The van der Waals surface area contributed by atoms with E-state index in [1.165, 1.54) is 0 Å². The van der Waals surface area contributed by atoms with Crippen LogP contribution in [0.3, 0.4) is 0 Å². The fourth-order valence-electron chi connectivity index (χ4n) is 0.731. The summed E-state index contributed by atoms with van der Waals surface area (Å²) in [7, 11) is 0. The largest absolute Gasteiger partial charge is 0.762 e. The van der Waals surface area contributed by atoms with Gasteiger partial charge in [-0.15, -0.1) is 0 Å². The second-order valence-corrected chi connectivity index (χ2v) is 3.20. The molecule has 0 aromatic carbocycles. The first-order valence-corrected chi connectivity index (χ1v) is 4.84. The summed E-state index contributed by atoms with van der Waals surface area (Å²) in [6.45, 7) is 4.04. The van der Waals surface area contributed by atoms with Crippen LogP contribution in [0.2, 0.25) is 0 Å². The molecule has 0 bridgehead atoms. The van der Waals surface area contributed by atoms with Crippen LogP contribution in [-0.4, -0.2) is 8.76 Å². The molecule has 0 rings (SSSR count). The van der Waals surface area contributed by atoms with Crippen molar-refractivity contribution in [3.05, 3.63) is 0 Å². The Labute approximate surface area is 70.7 Å². The summed E-state index contributed by atoms with van der Waals surface area (Å²) in [5, 5.41) is 2.12. The second kappa shape index (κ2) is 6.38. The number of hydrogen-bond donors (Lipinski definition) is 0. The fraction of sp³-hybridized carbons (Fsp3) is 0.750. The van der Waals surface area contributed by atoms with Gasteiger partial charge in [0.05, 0.1) is 0 Å². The van der Waals surface area contributed by atoms with Gasteiger partial charge in [-0.25, -0.2) is 0 Å². The van der Waals surface area contributed by atoms with Gasteiger partial charge in [-0.3, -0.25) is 4.21 Å². The molecule has 0 saturated heterocycles. The monoisotopic (exact) mass is 173 g/mol. The third-order valence-electron chi connectivity index (χ3n) is 1.38. The SMILES string of the molecule is CCCCC(C)C#CS(=O)[O-]. The standard InChI is InChI=1S/C8H14O2S/c1-3-4-5-8(2)6-7-11(9)10/h8H,3-5H2,1-2H3,(H,9,10)/p-1. The smallest absolute Gasteiger partial charge is 0.0247 e. The minimum Gasteiger partial charge on any atom is -0.762 e. The van der Waals surface area contributed by atoms with Crippen LogP contribution in [0.4, 0.5) is 0 Å². The van der Waals surface area contributed by atoms with Gasteiger partial charge in [0.25, 0.3) is 0 Å². The summed E-state index contributed by atoms with van der Waals surface area (Å²) < 4.78 is 20.0. The minimum atomic E-state index is -2.20. The summed E-state index contributed by atoms with van der Waals surface area (Å²) in [4.78, 5) is 0. The van der Waals surface area contributed by atoms with Crippen LogP contribution in [0.1, 0.15) is 33.1 Å². The quantitative estimate of drug-likeness (QED) is 0.481. The van der Waals surface area contributed by atoms with E-state index < -0.39 is 11.1 Å². The molecule has 11 heavy (non-hydrogen) atoms. The fourth-order valence-corrected chi connectivity index (χ4v) is 1.03. The summed E-state index contributed by atoms with van der Waals surface area (Å²) >= 11 is -2.20. The Bertz CT molecular complexity index is 178. The lowest BCUT2D eigenvalue weighted by Crippen LogP contribution is -1.90. The van der Waals surface area contributed by atoms with Gasteiger partial charge in [0.1, 0.15) is 0 Å². The van der Waals surface area contributed by atoms with Crippen molar-refractivity contribution in [2.24, 2.45) is 5.92 Å². The molecule has 0 fully saturated rings. The van der Waals surface area contributed by atoms with E-state index in [2.05, 4.69) is 18.1 Å². The Morgan fingerprint density at radius 2 is 2.27 bits per heavy atom. The van der Waals surface area contributed by atoms with E-state index in [-0.39, 0.29) is 5.92 Å². The zero-order valence-electron chi connectivity index (χ0n) is 6.92. The summed E-state index contributed by atoms with van der Waals surface area (Å²) in [5.41, 5.74) is 0. The van der Waals surface area contributed by atoms with Gasteiger partial charge in [-0.05, 0) is 11.7 Å². The van der Waals surface area contributed by atoms with Crippen molar-refractivity contribution >= 4 is 11.1 Å². The van der Waals surface area contributed by atoms with Crippen molar-refractivity contribution in [3.8, 4) is 11.2 Å². The summed E-state index contributed by atoms with van der Waals surface area (Å²) in [6, 6.07) is 0. The lowest BCUT2D eigenvalue weighted by molar-refractivity contribution is 0.548. The molecule has 0 spiro atoms. The average Bonchev–Trinajstić information content (AvgIpc) is 1.97. The van der Waals surface area contributed by atoms with Crippen molar-refractivity contribution in [2.45, 2.75) is 33.1 Å². The number of unbranched alkanes of at least 4 members (excludes halogenated alkanes) is 1. The van der Waals surface area contributed by atoms with Crippen LogP contribution >= 0.6 is 0 Å². The molecule has 2 nitrogen and oxygen atoms in total. The molecule has 3 heteroatoms. The van der Waals surface area contributed by atoms with E-state index in [0.717, 1.165) is 19.3 Å². The third kappa shape index (κ3) is 7.57. The number of rotatable bonds is 3. The molecule has 0 aromatic rings. The van der Waals surface area contributed by atoms with E-state index in [0.29, 0.717) is 0 Å². The van der Waals surface area contributed by atoms with Crippen LogP contribution in [0.25, 0.3) is 0 Å². The van der Waals surface area contributed by atoms with E-state index in [1.807, 2.05) is 6.92 Å². The maximum atomic E-state index is 10.0. The van der Waals surface area contributed by atoms with Gasteiger partial charge in [0, 0.05) is 17.0 Å². The molecule has 0 aliphatic rings. The molecule has 64 valence electrons. The second-order valence-electron chi connectivity index (χ2n) is 2.52. The van der Waals surface area contributed by atoms with Crippen LogP contribution in [0, 0.1) is 17.1 Å². The topological polar surface area (TPSA) is 40.1 Å². The van der Waals surface area contributed by atoms with Crippen LogP contribution in [-0.2, 0) is 11.1 Å². The Kier molecular flexibility index (Phi) is 6.19. The van der Waals surface area contributed by atoms with Crippen molar-refractivity contribution in [1.29, 1.82) is 0 Å². The van der Waals surface area contributed by atoms with Crippen molar-refractivity contribution in [1.82, 2.24) is 0 Å². The highest BCUT2D eigenvalue weighted by molar-refractivity contribution is 7.84. The Morgan fingerprint density at radius 3 is 2.73 bits per heavy atom. The molecule has 0 amide bonds. The molecule has 0 heterocycles. The summed E-state index contributed by atoms with van der Waals surface area (Å²) in [6.07, 6.45) is 3.23.